The Bertz CT molecular complexity index is 1130. The van der Waals surface area contributed by atoms with Gasteiger partial charge in [-0.05, 0) is 42.7 Å². The molecule has 2 N–H and O–H groups in total. The third-order valence-electron chi connectivity index (χ3n) is 4.89. The van der Waals surface area contributed by atoms with Crippen LogP contribution in [0.25, 0.3) is 0 Å². The maximum atomic E-state index is 12.5. The lowest BCUT2D eigenvalue weighted by Crippen LogP contribution is -2.30. The molecule has 0 atom stereocenters. The van der Waals surface area contributed by atoms with E-state index in [1.807, 2.05) is 0 Å². The van der Waals surface area contributed by atoms with Gasteiger partial charge in [-0.3, -0.25) is 4.79 Å². The van der Waals surface area contributed by atoms with Gasteiger partial charge in [-0.2, -0.15) is 4.31 Å². The van der Waals surface area contributed by atoms with Gasteiger partial charge in [0, 0.05) is 32.6 Å². The molecule has 0 radical (unpaired) electrons. The van der Waals surface area contributed by atoms with Crippen molar-refractivity contribution in [2.24, 2.45) is 0 Å². The summed E-state index contributed by atoms with van der Waals surface area (Å²) in [5.74, 6) is -0.337. The Morgan fingerprint density at radius 3 is 2.26 bits per heavy atom. The molecular weight excluding hydrogens is 462 g/mol. The minimum absolute atomic E-state index is 0.0407. The Hall–Kier alpha value is -1.98. The number of carbonyl (C=O) groups is 1. The Balaban J connectivity index is 1.47. The summed E-state index contributed by atoms with van der Waals surface area (Å²) in [4.78, 5) is 12.2. The zero-order valence-corrected chi connectivity index (χ0v) is 19.1. The molecule has 0 aromatic heterocycles. The Labute approximate surface area is 187 Å². The van der Waals surface area contributed by atoms with Crippen molar-refractivity contribution < 1.29 is 21.6 Å². The Morgan fingerprint density at radius 2 is 1.61 bits per heavy atom. The van der Waals surface area contributed by atoms with E-state index in [1.165, 1.54) is 28.6 Å². The van der Waals surface area contributed by atoms with Gasteiger partial charge < -0.3 is 5.32 Å². The molecule has 3 rings (SSSR count). The summed E-state index contributed by atoms with van der Waals surface area (Å²) in [5, 5.41) is 2.80. The van der Waals surface area contributed by atoms with E-state index >= 15 is 0 Å². The van der Waals surface area contributed by atoms with E-state index in [0.717, 1.165) is 18.4 Å². The van der Waals surface area contributed by atoms with Gasteiger partial charge >= 0.3 is 0 Å². The van der Waals surface area contributed by atoms with Gasteiger partial charge in [-0.25, -0.2) is 21.6 Å². The molecule has 0 unspecified atom stereocenters. The van der Waals surface area contributed by atoms with Gasteiger partial charge in [-0.1, -0.05) is 35.9 Å². The average molecular weight is 486 g/mol. The molecule has 0 spiro atoms. The summed E-state index contributed by atoms with van der Waals surface area (Å²) in [5.41, 5.74) is 0.741. The normalized spacial score (nSPS) is 15.1. The minimum atomic E-state index is -3.80. The molecule has 1 heterocycles. The van der Waals surface area contributed by atoms with Gasteiger partial charge in [0.2, 0.25) is 26.0 Å². The predicted molar refractivity (Wildman–Crippen MR) is 118 cm³/mol. The van der Waals surface area contributed by atoms with Crippen molar-refractivity contribution in [1.82, 2.24) is 14.3 Å². The summed E-state index contributed by atoms with van der Waals surface area (Å²) in [7, 11) is -7.27. The van der Waals surface area contributed by atoms with Crippen molar-refractivity contribution in [3.63, 3.8) is 0 Å². The number of carbonyl (C=O) groups excluding carboxylic acids is 1. The molecule has 2 aromatic rings. The van der Waals surface area contributed by atoms with Crippen LogP contribution in [0.5, 0.6) is 0 Å². The first-order valence-electron chi connectivity index (χ1n) is 9.80. The van der Waals surface area contributed by atoms with Crippen molar-refractivity contribution >= 4 is 37.6 Å². The zero-order valence-electron chi connectivity index (χ0n) is 16.8. The smallest absolute Gasteiger partial charge is 0.243 e. The molecular formula is C20H24ClN3O5S2. The van der Waals surface area contributed by atoms with Gasteiger partial charge in [0.05, 0.1) is 9.92 Å². The van der Waals surface area contributed by atoms with Crippen molar-refractivity contribution in [2.75, 3.05) is 19.6 Å². The number of rotatable bonds is 9. The largest absolute Gasteiger partial charge is 0.352 e. The van der Waals surface area contributed by atoms with Crippen LogP contribution in [-0.4, -0.2) is 46.7 Å². The SMILES string of the molecule is O=C(CCNS(=O)(=O)c1ccccc1Cl)NCc1ccc(S(=O)(=O)N2CCCC2)cc1. The second-order valence-corrected chi connectivity index (χ2v) is 11.2. The van der Waals surface area contributed by atoms with E-state index in [9.17, 15) is 21.6 Å². The number of amides is 1. The highest BCUT2D eigenvalue weighted by molar-refractivity contribution is 7.89. The van der Waals surface area contributed by atoms with Gasteiger partial charge in [0.25, 0.3) is 0 Å². The van der Waals surface area contributed by atoms with Crippen molar-refractivity contribution in [3.05, 3.63) is 59.1 Å². The van der Waals surface area contributed by atoms with E-state index < -0.39 is 20.0 Å². The number of hydrogen-bond acceptors (Lipinski definition) is 5. The van der Waals surface area contributed by atoms with E-state index in [2.05, 4.69) is 10.0 Å². The monoisotopic (exact) mass is 485 g/mol. The molecule has 0 saturated carbocycles. The van der Waals surface area contributed by atoms with Crippen molar-refractivity contribution in [2.45, 2.75) is 35.6 Å². The van der Waals surface area contributed by atoms with Gasteiger partial charge in [0.1, 0.15) is 4.90 Å². The number of sulfonamides is 2. The van der Waals surface area contributed by atoms with E-state index in [-0.39, 0.29) is 40.2 Å². The van der Waals surface area contributed by atoms with Gasteiger partial charge in [-0.15, -0.1) is 0 Å². The van der Waals surface area contributed by atoms with Crippen LogP contribution in [0.4, 0.5) is 0 Å². The first-order valence-corrected chi connectivity index (χ1v) is 13.1. The fraction of sp³-hybridized carbons (Fsp3) is 0.350. The van der Waals surface area contributed by atoms with Crippen LogP contribution in [0, 0.1) is 0 Å². The molecule has 1 fully saturated rings. The number of benzene rings is 2. The van der Waals surface area contributed by atoms with Crippen LogP contribution in [0.3, 0.4) is 0 Å². The molecule has 1 aliphatic rings. The topological polar surface area (TPSA) is 113 Å². The molecule has 168 valence electrons. The number of hydrogen-bond donors (Lipinski definition) is 2. The van der Waals surface area contributed by atoms with Crippen LogP contribution < -0.4 is 10.0 Å². The molecule has 0 bridgehead atoms. The standard InChI is InChI=1S/C20H24ClN3O5S2/c21-18-5-1-2-6-19(18)30(26,27)23-12-11-20(25)22-15-16-7-9-17(10-8-16)31(28,29)24-13-3-4-14-24/h1-2,5-10,23H,3-4,11-15H2,(H,22,25). The Kier molecular flexibility index (Phi) is 7.71. The molecule has 11 heteroatoms. The highest BCUT2D eigenvalue weighted by atomic mass is 35.5. The second kappa shape index (κ2) is 10.1. The lowest BCUT2D eigenvalue weighted by atomic mass is 10.2. The van der Waals surface area contributed by atoms with Crippen LogP contribution in [0.2, 0.25) is 5.02 Å². The fourth-order valence-electron chi connectivity index (χ4n) is 3.19. The van der Waals surface area contributed by atoms with Gasteiger partial charge in [0.15, 0.2) is 0 Å². The maximum absolute atomic E-state index is 12.5. The quantitative estimate of drug-likeness (QED) is 0.564. The summed E-state index contributed by atoms with van der Waals surface area (Å²) in [6.07, 6.45) is 1.70. The summed E-state index contributed by atoms with van der Waals surface area (Å²) in [6, 6.07) is 12.4. The van der Waals surface area contributed by atoms with E-state index in [4.69, 9.17) is 11.6 Å². The fourth-order valence-corrected chi connectivity index (χ4v) is 6.25. The number of nitrogens with zero attached hydrogens (tertiary/aromatic N) is 1. The first kappa shape index (κ1) is 23.7. The lowest BCUT2D eigenvalue weighted by Gasteiger charge is -2.15. The summed E-state index contributed by atoms with van der Waals surface area (Å²) in [6.45, 7) is 1.22. The third-order valence-corrected chi connectivity index (χ3v) is 8.76. The van der Waals surface area contributed by atoms with E-state index in [0.29, 0.717) is 13.1 Å². The van der Waals surface area contributed by atoms with Crippen LogP contribution in [0.15, 0.2) is 58.3 Å². The number of halogens is 1. The average Bonchev–Trinajstić information content (AvgIpc) is 3.28. The summed E-state index contributed by atoms with van der Waals surface area (Å²) >= 11 is 5.91. The second-order valence-electron chi connectivity index (χ2n) is 7.11. The lowest BCUT2D eigenvalue weighted by molar-refractivity contribution is -0.121. The highest BCUT2D eigenvalue weighted by Crippen LogP contribution is 2.21. The first-order chi connectivity index (χ1) is 14.7. The molecule has 1 aliphatic heterocycles. The van der Waals surface area contributed by atoms with Crippen LogP contribution >= 0.6 is 11.6 Å². The van der Waals surface area contributed by atoms with Crippen molar-refractivity contribution in [1.29, 1.82) is 0 Å². The zero-order chi connectivity index (χ0) is 22.5. The third kappa shape index (κ3) is 6.05. The molecule has 1 amide bonds. The molecule has 1 saturated heterocycles. The molecule has 8 nitrogen and oxygen atoms in total. The van der Waals surface area contributed by atoms with Crippen molar-refractivity contribution in [3.8, 4) is 0 Å². The Morgan fingerprint density at radius 1 is 0.968 bits per heavy atom. The van der Waals surface area contributed by atoms with Crippen LogP contribution in [0.1, 0.15) is 24.8 Å². The molecule has 2 aromatic carbocycles. The van der Waals surface area contributed by atoms with E-state index in [1.54, 1.807) is 24.3 Å². The summed E-state index contributed by atoms with van der Waals surface area (Å²) < 4.78 is 53.4. The molecule has 0 aliphatic carbocycles. The van der Waals surface area contributed by atoms with Crippen LogP contribution in [-0.2, 0) is 31.4 Å². The predicted octanol–water partition coefficient (Wildman–Crippen LogP) is 2.11. The molecule has 31 heavy (non-hydrogen) atoms. The highest BCUT2D eigenvalue weighted by Gasteiger charge is 2.26. The number of nitrogens with one attached hydrogen (secondary N) is 2. The minimum Gasteiger partial charge on any atom is -0.352 e. The maximum Gasteiger partial charge on any atom is 0.243 e.